The normalized spacial score (nSPS) is 11.9. The summed E-state index contributed by atoms with van der Waals surface area (Å²) in [7, 11) is 3.31. The highest BCUT2D eigenvalue weighted by Gasteiger charge is 2.19. The summed E-state index contributed by atoms with van der Waals surface area (Å²) in [6.07, 6.45) is 0. The maximum atomic E-state index is 12.6. The van der Waals surface area contributed by atoms with Gasteiger partial charge in [0.05, 0.1) is 13.2 Å². The van der Waals surface area contributed by atoms with Crippen LogP contribution in [0.15, 0.2) is 16.9 Å². The second-order valence-corrected chi connectivity index (χ2v) is 6.11. The van der Waals surface area contributed by atoms with E-state index in [-0.39, 0.29) is 11.0 Å². The predicted molar refractivity (Wildman–Crippen MR) is 84.9 cm³/mol. The second-order valence-electron chi connectivity index (χ2n) is 6.11. The molecule has 0 unspecified atom stereocenters. The number of hydrogen-bond donors (Lipinski definition) is 1. The number of nitrogens with zero attached hydrogens (tertiary/aromatic N) is 1. The molecule has 0 amide bonds. The highest BCUT2D eigenvalue weighted by atomic mass is 16.5. The fraction of sp³-hybridized carbons (Fsp3) is 0.688. The largest absolute Gasteiger partial charge is 0.383 e. The molecule has 120 valence electrons. The number of ether oxygens (including phenoxy) is 2. The van der Waals surface area contributed by atoms with Gasteiger partial charge in [-0.15, -0.1) is 0 Å². The fourth-order valence-electron chi connectivity index (χ4n) is 2.21. The summed E-state index contributed by atoms with van der Waals surface area (Å²) in [5.74, 6) is 0. The van der Waals surface area contributed by atoms with Gasteiger partial charge in [-0.3, -0.25) is 4.79 Å². The third-order valence-electron chi connectivity index (χ3n) is 3.34. The lowest BCUT2D eigenvalue weighted by molar-refractivity contribution is 0.184. The van der Waals surface area contributed by atoms with Crippen molar-refractivity contribution in [1.82, 2.24) is 9.88 Å². The van der Waals surface area contributed by atoms with Crippen molar-refractivity contribution in [3.05, 3.63) is 33.7 Å². The fourth-order valence-corrected chi connectivity index (χ4v) is 2.21. The van der Waals surface area contributed by atoms with Crippen LogP contribution in [-0.2, 0) is 28.0 Å². The number of nitrogens with one attached hydrogen (secondary N) is 1. The molecule has 1 aromatic heterocycles. The first kappa shape index (κ1) is 17.9. The molecule has 1 rings (SSSR count). The smallest absolute Gasteiger partial charge is 0.255 e. The molecule has 5 heteroatoms. The van der Waals surface area contributed by atoms with Gasteiger partial charge < -0.3 is 19.4 Å². The van der Waals surface area contributed by atoms with Crippen molar-refractivity contribution in [2.45, 2.75) is 39.3 Å². The molecule has 0 aliphatic rings. The maximum absolute atomic E-state index is 12.6. The first-order chi connectivity index (χ1) is 9.91. The zero-order valence-corrected chi connectivity index (χ0v) is 13.9. The number of pyridine rings is 1. The summed E-state index contributed by atoms with van der Waals surface area (Å²) in [6, 6.07) is 3.97. The van der Waals surface area contributed by atoms with Crippen LogP contribution in [-0.4, -0.2) is 38.5 Å². The molecule has 1 aromatic rings. The van der Waals surface area contributed by atoms with Crippen LogP contribution in [0.3, 0.4) is 0 Å². The van der Waals surface area contributed by atoms with Crippen molar-refractivity contribution in [3.8, 4) is 0 Å². The summed E-state index contributed by atoms with van der Waals surface area (Å²) < 4.78 is 11.9. The monoisotopic (exact) mass is 296 g/mol. The Kier molecular flexibility index (Phi) is 7.08. The molecule has 0 atom stereocenters. The summed E-state index contributed by atoms with van der Waals surface area (Å²) >= 11 is 0. The van der Waals surface area contributed by atoms with Crippen LogP contribution in [0.25, 0.3) is 0 Å². The van der Waals surface area contributed by atoms with Crippen molar-refractivity contribution in [2.75, 3.05) is 34.0 Å². The van der Waals surface area contributed by atoms with Crippen LogP contribution >= 0.6 is 0 Å². The van der Waals surface area contributed by atoms with Crippen LogP contribution in [0.2, 0.25) is 0 Å². The molecule has 1 N–H and O–H groups in total. The van der Waals surface area contributed by atoms with Gasteiger partial charge in [-0.05, 0) is 6.07 Å². The summed E-state index contributed by atoms with van der Waals surface area (Å²) in [5.41, 5.74) is 1.79. The molecule has 5 nitrogen and oxygen atoms in total. The quantitative estimate of drug-likeness (QED) is 0.739. The highest BCUT2D eigenvalue weighted by molar-refractivity contribution is 5.21. The molecular weight excluding hydrogens is 268 g/mol. The van der Waals surface area contributed by atoms with Gasteiger partial charge >= 0.3 is 0 Å². The van der Waals surface area contributed by atoms with Crippen LogP contribution in [0.4, 0.5) is 0 Å². The Morgan fingerprint density at radius 1 is 1.14 bits per heavy atom. The average Bonchev–Trinajstić information content (AvgIpc) is 2.42. The minimum atomic E-state index is -0.0745. The topological polar surface area (TPSA) is 52.5 Å². The molecule has 21 heavy (non-hydrogen) atoms. The van der Waals surface area contributed by atoms with Crippen molar-refractivity contribution in [1.29, 1.82) is 0 Å². The lowest BCUT2D eigenvalue weighted by atomic mass is 9.90. The van der Waals surface area contributed by atoms with Gasteiger partial charge in [0.2, 0.25) is 0 Å². The Bertz CT molecular complexity index is 489. The lowest BCUT2D eigenvalue weighted by Gasteiger charge is -2.25. The van der Waals surface area contributed by atoms with E-state index >= 15 is 0 Å². The summed E-state index contributed by atoms with van der Waals surface area (Å²) in [4.78, 5) is 12.6. The van der Waals surface area contributed by atoms with Crippen LogP contribution in [0, 0.1) is 0 Å². The highest BCUT2D eigenvalue weighted by Crippen LogP contribution is 2.21. The van der Waals surface area contributed by atoms with E-state index in [4.69, 9.17) is 9.47 Å². The number of hydrogen-bond acceptors (Lipinski definition) is 4. The first-order valence-corrected chi connectivity index (χ1v) is 7.33. The third kappa shape index (κ3) is 5.26. The van der Waals surface area contributed by atoms with Gasteiger partial charge in [0, 0.05) is 50.5 Å². The lowest BCUT2D eigenvalue weighted by Crippen LogP contribution is -2.34. The van der Waals surface area contributed by atoms with E-state index in [0.717, 1.165) is 17.8 Å². The standard InChI is InChI=1S/C16H28N2O3/c1-16(2,3)14-7-6-13(12-17-8-10-20-4)15(19)18(14)9-11-21-5/h6-7,17H,8-12H2,1-5H3. The summed E-state index contributed by atoms with van der Waals surface area (Å²) in [6.45, 7) is 9.37. The van der Waals surface area contributed by atoms with E-state index < -0.39 is 0 Å². The van der Waals surface area contributed by atoms with Crippen LogP contribution in [0.1, 0.15) is 32.0 Å². The van der Waals surface area contributed by atoms with Crippen LogP contribution < -0.4 is 10.9 Å². The molecule has 0 radical (unpaired) electrons. The Hall–Kier alpha value is -1.17. The van der Waals surface area contributed by atoms with Crippen molar-refractivity contribution in [3.63, 3.8) is 0 Å². The van der Waals surface area contributed by atoms with E-state index in [0.29, 0.717) is 26.3 Å². The number of methoxy groups -OCH3 is 2. The Balaban J connectivity index is 3.00. The Labute approximate surface area is 127 Å². The Morgan fingerprint density at radius 3 is 2.38 bits per heavy atom. The minimum absolute atomic E-state index is 0.0596. The van der Waals surface area contributed by atoms with Gasteiger partial charge in [0.1, 0.15) is 0 Å². The number of rotatable bonds is 8. The molecular formula is C16H28N2O3. The van der Waals surface area contributed by atoms with Crippen molar-refractivity contribution >= 4 is 0 Å². The van der Waals surface area contributed by atoms with Gasteiger partial charge in [-0.25, -0.2) is 0 Å². The minimum Gasteiger partial charge on any atom is -0.383 e. The van der Waals surface area contributed by atoms with E-state index in [1.165, 1.54) is 0 Å². The van der Waals surface area contributed by atoms with Crippen molar-refractivity contribution in [2.24, 2.45) is 0 Å². The molecule has 0 aliphatic carbocycles. The van der Waals surface area contributed by atoms with Gasteiger partial charge in [0.25, 0.3) is 5.56 Å². The zero-order chi connectivity index (χ0) is 15.9. The van der Waals surface area contributed by atoms with E-state index in [1.807, 2.05) is 16.7 Å². The van der Waals surface area contributed by atoms with Gasteiger partial charge in [0.15, 0.2) is 0 Å². The zero-order valence-electron chi connectivity index (χ0n) is 13.9. The van der Waals surface area contributed by atoms with Crippen LogP contribution in [0.5, 0.6) is 0 Å². The molecule has 0 saturated heterocycles. The molecule has 0 bridgehead atoms. The van der Waals surface area contributed by atoms with Gasteiger partial charge in [-0.1, -0.05) is 26.8 Å². The average molecular weight is 296 g/mol. The Morgan fingerprint density at radius 2 is 1.81 bits per heavy atom. The second kappa shape index (κ2) is 8.32. The first-order valence-electron chi connectivity index (χ1n) is 7.33. The van der Waals surface area contributed by atoms with E-state index in [1.54, 1.807) is 14.2 Å². The SMILES string of the molecule is COCCNCc1ccc(C(C)(C)C)n(CCOC)c1=O. The molecule has 0 aromatic carbocycles. The molecule has 1 heterocycles. The molecule has 0 spiro atoms. The molecule has 0 saturated carbocycles. The van der Waals surface area contributed by atoms with E-state index in [2.05, 4.69) is 26.1 Å². The molecule has 0 aliphatic heterocycles. The maximum Gasteiger partial charge on any atom is 0.255 e. The molecule has 0 fully saturated rings. The number of aromatic nitrogens is 1. The van der Waals surface area contributed by atoms with Gasteiger partial charge in [-0.2, -0.15) is 0 Å². The predicted octanol–water partition coefficient (Wildman–Crippen LogP) is 1.53. The summed E-state index contributed by atoms with van der Waals surface area (Å²) in [5, 5.41) is 3.22. The van der Waals surface area contributed by atoms with E-state index in [9.17, 15) is 4.79 Å². The van der Waals surface area contributed by atoms with Crippen molar-refractivity contribution < 1.29 is 9.47 Å². The third-order valence-corrected chi connectivity index (χ3v) is 3.34.